The lowest BCUT2D eigenvalue weighted by atomic mass is 10.1. The average molecular weight is 379 g/mol. The van der Waals surface area contributed by atoms with E-state index in [1.54, 1.807) is 0 Å². The second kappa shape index (κ2) is 9.64. The van der Waals surface area contributed by atoms with Crippen LogP contribution in [0.5, 0.6) is 0 Å². The highest BCUT2D eigenvalue weighted by molar-refractivity contribution is 7.07. The lowest BCUT2D eigenvalue weighted by Gasteiger charge is -2.04. The van der Waals surface area contributed by atoms with Gasteiger partial charge >= 0.3 is 0 Å². The summed E-state index contributed by atoms with van der Waals surface area (Å²) in [5.74, 6) is -0.330. The van der Waals surface area contributed by atoms with Gasteiger partial charge in [0.2, 0.25) is 11.8 Å². The molecular weight excluding hydrogens is 358 g/mol. The van der Waals surface area contributed by atoms with E-state index in [1.165, 1.54) is 11.3 Å². The normalized spacial score (nSPS) is 11.3. The van der Waals surface area contributed by atoms with Gasteiger partial charge in [-0.15, -0.1) is 11.3 Å². The maximum Gasteiger partial charge on any atom is 0.250 e. The highest BCUT2D eigenvalue weighted by atomic mass is 32.1. The third-order valence-electron chi connectivity index (χ3n) is 3.94. The molecular formula is C21H21N3O2S. The second-order valence-corrected chi connectivity index (χ2v) is 6.94. The Morgan fingerprint density at radius 1 is 0.963 bits per heavy atom. The Balaban J connectivity index is 1.50. The Bertz CT molecular complexity index is 946. The van der Waals surface area contributed by atoms with Crippen LogP contribution in [0.3, 0.4) is 0 Å². The summed E-state index contributed by atoms with van der Waals surface area (Å²) in [5, 5.41) is 4.69. The summed E-state index contributed by atoms with van der Waals surface area (Å²) >= 11 is 1.43. The minimum absolute atomic E-state index is 0.0933. The number of aromatic nitrogens is 1. The number of hydrogen-bond acceptors (Lipinski definition) is 3. The third kappa shape index (κ3) is 6.04. The minimum Gasteiger partial charge on any atom is -0.355 e. The van der Waals surface area contributed by atoms with E-state index in [1.807, 2.05) is 76.8 Å². The first-order valence-corrected chi connectivity index (χ1v) is 9.65. The molecule has 0 aliphatic rings. The molecule has 1 heterocycles. The number of hydrogen-bond donors (Lipinski definition) is 1. The van der Waals surface area contributed by atoms with E-state index < -0.39 is 0 Å². The molecule has 0 unspecified atom stereocenters. The summed E-state index contributed by atoms with van der Waals surface area (Å²) in [7, 11) is 0. The van der Waals surface area contributed by atoms with Crippen LogP contribution in [0.25, 0.3) is 0 Å². The van der Waals surface area contributed by atoms with Crippen LogP contribution in [0.15, 0.2) is 77.2 Å². The molecule has 1 aromatic heterocycles. The van der Waals surface area contributed by atoms with E-state index >= 15 is 0 Å². The fourth-order valence-electron chi connectivity index (χ4n) is 2.60. The second-order valence-electron chi connectivity index (χ2n) is 6.07. The minimum atomic E-state index is -0.237. The molecule has 5 nitrogen and oxygen atoms in total. The van der Waals surface area contributed by atoms with Crippen molar-refractivity contribution in [2.45, 2.75) is 19.4 Å². The molecule has 0 fully saturated rings. The number of carbonyl (C=O) groups excluding carboxylic acids is 2. The highest BCUT2D eigenvalue weighted by Gasteiger charge is 2.05. The van der Waals surface area contributed by atoms with E-state index in [2.05, 4.69) is 10.3 Å². The van der Waals surface area contributed by atoms with Crippen molar-refractivity contribution in [2.24, 2.45) is 4.99 Å². The first-order chi connectivity index (χ1) is 13.2. The van der Waals surface area contributed by atoms with Crippen molar-refractivity contribution in [3.05, 3.63) is 88.2 Å². The van der Waals surface area contributed by atoms with Crippen molar-refractivity contribution in [2.75, 3.05) is 6.54 Å². The molecule has 0 aliphatic heterocycles. The van der Waals surface area contributed by atoms with Crippen molar-refractivity contribution in [3.63, 3.8) is 0 Å². The zero-order valence-electron chi connectivity index (χ0n) is 14.9. The maximum absolute atomic E-state index is 12.1. The molecule has 0 atom stereocenters. The van der Waals surface area contributed by atoms with Crippen molar-refractivity contribution in [3.8, 4) is 0 Å². The van der Waals surface area contributed by atoms with Gasteiger partial charge in [-0.05, 0) is 11.1 Å². The van der Waals surface area contributed by atoms with E-state index in [9.17, 15) is 9.59 Å². The number of carbonyl (C=O) groups is 2. The molecule has 6 heteroatoms. The van der Waals surface area contributed by atoms with E-state index in [-0.39, 0.29) is 24.8 Å². The molecule has 0 bridgehead atoms. The van der Waals surface area contributed by atoms with Crippen molar-refractivity contribution >= 4 is 23.2 Å². The zero-order valence-corrected chi connectivity index (χ0v) is 15.7. The molecule has 0 aliphatic carbocycles. The van der Waals surface area contributed by atoms with Crippen LogP contribution in [-0.2, 0) is 22.6 Å². The van der Waals surface area contributed by atoms with Gasteiger partial charge in [-0.25, -0.2) is 0 Å². The average Bonchev–Trinajstić information content (AvgIpc) is 3.10. The number of nitrogens with one attached hydrogen (secondary N) is 1. The van der Waals surface area contributed by atoms with Gasteiger partial charge in [0, 0.05) is 31.1 Å². The molecule has 0 radical (unpaired) electrons. The standard InChI is InChI=1S/C21H21N3O2S/c25-19(11-12-22-20(26)15-17-7-3-1-4-8-17)23-21-24(13-14-27-21)16-18-9-5-2-6-10-18/h1-10,13-14H,11-12,15-16H2,(H,22,26). The number of amides is 2. The monoisotopic (exact) mass is 379 g/mol. The van der Waals surface area contributed by atoms with Crippen LogP contribution < -0.4 is 10.1 Å². The first-order valence-electron chi connectivity index (χ1n) is 8.77. The Hall–Kier alpha value is -2.99. The van der Waals surface area contributed by atoms with Gasteiger partial charge in [0.05, 0.1) is 6.42 Å². The van der Waals surface area contributed by atoms with E-state index in [4.69, 9.17) is 0 Å². The molecule has 0 saturated heterocycles. The van der Waals surface area contributed by atoms with E-state index in [0.717, 1.165) is 11.1 Å². The topological polar surface area (TPSA) is 63.5 Å². The summed E-state index contributed by atoms with van der Waals surface area (Å²) in [6.45, 7) is 0.961. The predicted molar refractivity (Wildman–Crippen MR) is 106 cm³/mol. The number of nitrogens with zero attached hydrogens (tertiary/aromatic N) is 2. The summed E-state index contributed by atoms with van der Waals surface area (Å²) in [6.07, 6.45) is 2.42. The smallest absolute Gasteiger partial charge is 0.250 e. The SMILES string of the molecule is O=C(CCNC(=O)Cc1ccccc1)N=c1sccn1Cc1ccccc1. The zero-order chi connectivity index (χ0) is 18.9. The Morgan fingerprint density at radius 3 is 2.33 bits per heavy atom. The first kappa shape index (κ1) is 18.8. The molecule has 0 spiro atoms. The van der Waals surface area contributed by atoms with Gasteiger partial charge in [0.25, 0.3) is 0 Å². The van der Waals surface area contributed by atoms with Crippen LogP contribution in [-0.4, -0.2) is 22.9 Å². The highest BCUT2D eigenvalue weighted by Crippen LogP contribution is 2.02. The van der Waals surface area contributed by atoms with Crippen molar-refractivity contribution in [1.29, 1.82) is 0 Å². The number of thiazole rings is 1. The van der Waals surface area contributed by atoms with Crippen LogP contribution in [0.2, 0.25) is 0 Å². The van der Waals surface area contributed by atoms with E-state index in [0.29, 0.717) is 17.8 Å². The summed E-state index contributed by atoms with van der Waals surface area (Å²) < 4.78 is 1.95. The lowest BCUT2D eigenvalue weighted by molar-refractivity contribution is -0.120. The maximum atomic E-state index is 12.1. The molecule has 2 aromatic carbocycles. The number of rotatable bonds is 7. The lowest BCUT2D eigenvalue weighted by Crippen LogP contribution is -2.27. The fraction of sp³-hybridized carbons (Fsp3) is 0.190. The van der Waals surface area contributed by atoms with Crippen molar-refractivity contribution in [1.82, 2.24) is 9.88 Å². The van der Waals surface area contributed by atoms with Gasteiger partial charge in [-0.1, -0.05) is 60.7 Å². The molecule has 1 N–H and O–H groups in total. The van der Waals surface area contributed by atoms with Crippen molar-refractivity contribution < 1.29 is 9.59 Å². The van der Waals surface area contributed by atoms with Gasteiger partial charge in [-0.2, -0.15) is 4.99 Å². The van der Waals surface area contributed by atoms with Crippen LogP contribution in [0.4, 0.5) is 0 Å². The van der Waals surface area contributed by atoms with Gasteiger partial charge < -0.3 is 9.88 Å². The van der Waals surface area contributed by atoms with Gasteiger partial charge in [0.1, 0.15) is 0 Å². The largest absolute Gasteiger partial charge is 0.355 e. The molecule has 27 heavy (non-hydrogen) atoms. The number of benzene rings is 2. The van der Waals surface area contributed by atoms with Crippen LogP contribution in [0, 0.1) is 0 Å². The predicted octanol–water partition coefficient (Wildman–Crippen LogP) is 2.77. The van der Waals surface area contributed by atoms with Gasteiger partial charge in [-0.3, -0.25) is 9.59 Å². The quantitative estimate of drug-likeness (QED) is 0.686. The summed E-state index contributed by atoms with van der Waals surface area (Å²) in [4.78, 5) is 28.9. The molecule has 2 amide bonds. The third-order valence-corrected chi connectivity index (χ3v) is 4.74. The Kier molecular flexibility index (Phi) is 6.71. The Morgan fingerprint density at radius 2 is 1.63 bits per heavy atom. The van der Waals surface area contributed by atoms with Crippen LogP contribution in [0.1, 0.15) is 17.5 Å². The summed E-state index contributed by atoms with van der Waals surface area (Å²) in [6, 6.07) is 19.6. The molecule has 138 valence electrons. The molecule has 3 rings (SSSR count). The Labute approximate surface area is 162 Å². The molecule has 3 aromatic rings. The molecule has 0 saturated carbocycles. The van der Waals surface area contributed by atoms with Crippen LogP contribution >= 0.6 is 11.3 Å². The fourth-order valence-corrected chi connectivity index (χ4v) is 3.35. The van der Waals surface area contributed by atoms with Gasteiger partial charge in [0.15, 0.2) is 4.80 Å². The summed E-state index contributed by atoms with van der Waals surface area (Å²) in [5.41, 5.74) is 2.10.